The molecule has 0 fully saturated rings. The van der Waals surface area contributed by atoms with Crippen LogP contribution < -0.4 is 10.4 Å². The number of esters is 1. The number of Topliss-reactive ketones (excluding diaryl/α,β-unsaturated/α-hetero) is 1. The van der Waals surface area contributed by atoms with Gasteiger partial charge in [-0.05, 0) is 53.6 Å². The van der Waals surface area contributed by atoms with Crippen molar-refractivity contribution in [1.29, 1.82) is 0 Å². The molecule has 0 unspecified atom stereocenters. The Morgan fingerprint density at radius 2 is 1.31 bits per heavy atom. The molecule has 174 valence electrons. The summed E-state index contributed by atoms with van der Waals surface area (Å²) in [6.07, 6.45) is 1.69. The van der Waals surface area contributed by atoms with E-state index in [2.05, 4.69) is 41.8 Å². The van der Waals surface area contributed by atoms with Gasteiger partial charge in [0.1, 0.15) is 5.69 Å². The molecule has 2 aromatic heterocycles. The SMILES string of the molecule is COC(=O)c1ccc2c3c(c4cccnc4c2n1)=C(c1ccc(Br)cc1)C(=O)C=3c1ccc(Br)cc1. The van der Waals surface area contributed by atoms with E-state index in [9.17, 15) is 9.59 Å². The van der Waals surface area contributed by atoms with Gasteiger partial charge in [-0.2, -0.15) is 0 Å². The van der Waals surface area contributed by atoms with Gasteiger partial charge in [0.15, 0.2) is 5.78 Å². The molecule has 3 aromatic carbocycles. The second-order valence-electron chi connectivity index (χ2n) is 8.33. The fourth-order valence-electron chi connectivity index (χ4n) is 4.78. The van der Waals surface area contributed by atoms with Crippen molar-refractivity contribution in [2.24, 2.45) is 0 Å². The molecular weight excluding hydrogens is 584 g/mol. The topological polar surface area (TPSA) is 69.2 Å². The molecule has 2 heterocycles. The number of hydrogen-bond donors (Lipinski definition) is 0. The highest BCUT2D eigenvalue weighted by molar-refractivity contribution is 9.10. The number of rotatable bonds is 3. The first kappa shape index (κ1) is 22.8. The van der Waals surface area contributed by atoms with Crippen LogP contribution in [0.5, 0.6) is 0 Å². The second-order valence-corrected chi connectivity index (χ2v) is 10.2. The van der Waals surface area contributed by atoms with Crippen molar-refractivity contribution in [3.8, 4) is 0 Å². The Kier molecular flexibility index (Phi) is 5.54. The summed E-state index contributed by atoms with van der Waals surface area (Å²) in [6.45, 7) is 0. The molecule has 0 amide bonds. The lowest BCUT2D eigenvalue weighted by Gasteiger charge is -2.08. The fraction of sp³-hybridized carbons (Fsp3) is 0.0345. The van der Waals surface area contributed by atoms with Gasteiger partial charge < -0.3 is 4.74 Å². The minimum absolute atomic E-state index is 0.0654. The summed E-state index contributed by atoms with van der Waals surface area (Å²) in [7, 11) is 1.32. The molecule has 1 aliphatic carbocycles. The Morgan fingerprint density at radius 3 is 1.86 bits per heavy atom. The summed E-state index contributed by atoms with van der Waals surface area (Å²) >= 11 is 6.98. The molecule has 7 heteroatoms. The third-order valence-corrected chi connectivity index (χ3v) is 7.39. The van der Waals surface area contributed by atoms with Gasteiger partial charge >= 0.3 is 5.97 Å². The van der Waals surface area contributed by atoms with Crippen LogP contribution >= 0.6 is 31.9 Å². The smallest absolute Gasteiger partial charge is 0.356 e. The fourth-order valence-corrected chi connectivity index (χ4v) is 5.31. The number of benzene rings is 3. The molecule has 1 aliphatic rings. The average Bonchev–Trinajstić information content (AvgIpc) is 3.22. The number of ketones is 1. The van der Waals surface area contributed by atoms with Crippen molar-refractivity contribution < 1.29 is 14.3 Å². The molecule has 0 saturated carbocycles. The molecule has 0 bridgehead atoms. The van der Waals surface area contributed by atoms with Crippen molar-refractivity contribution in [3.05, 3.63) is 115 Å². The summed E-state index contributed by atoms with van der Waals surface area (Å²) in [5.74, 6) is -0.596. The number of pyridine rings is 2. The predicted octanol–water partition coefficient (Wildman–Crippen LogP) is 5.08. The minimum atomic E-state index is -0.531. The largest absolute Gasteiger partial charge is 0.464 e. The standard InChI is InChI=1S/C29H16Br2N2O3/c1-36-29(35)21-13-12-20-25-23(16-6-10-18(31)11-7-16)28(34)22(15-4-8-17(30)9-5-15)24(25)19-3-2-14-32-26(19)27(20)33-21/h2-14H,1H3. The van der Waals surface area contributed by atoms with Gasteiger partial charge in [0, 0.05) is 47.5 Å². The molecule has 5 nitrogen and oxygen atoms in total. The van der Waals surface area contributed by atoms with Crippen LogP contribution in [-0.2, 0) is 9.53 Å². The van der Waals surface area contributed by atoms with E-state index in [-0.39, 0.29) is 11.5 Å². The summed E-state index contributed by atoms with van der Waals surface area (Å²) < 4.78 is 6.75. The van der Waals surface area contributed by atoms with E-state index in [4.69, 9.17) is 4.74 Å². The van der Waals surface area contributed by atoms with Gasteiger partial charge in [-0.25, -0.2) is 9.78 Å². The number of methoxy groups -OCH3 is 1. The first-order chi connectivity index (χ1) is 17.5. The van der Waals surface area contributed by atoms with Gasteiger partial charge in [-0.15, -0.1) is 0 Å². The normalized spacial score (nSPS) is 12.9. The summed E-state index contributed by atoms with van der Waals surface area (Å²) in [6, 6.07) is 22.7. The van der Waals surface area contributed by atoms with Crippen molar-refractivity contribution in [3.63, 3.8) is 0 Å². The van der Waals surface area contributed by atoms with Crippen LogP contribution in [0.3, 0.4) is 0 Å². The number of halogens is 2. The highest BCUT2D eigenvalue weighted by atomic mass is 79.9. The van der Waals surface area contributed by atoms with Crippen LogP contribution in [0, 0.1) is 0 Å². The number of carbonyl (C=O) groups excluding carboxylic acids is 2. The van der Waals surface area contributed by atoms with Gasteiger partial charge in [0.05, 0.1) is 18.1 Å². The van der Waals surface area contributed by atoms with Crippen molar-refractivity contribution in [1.82, 2.24) is 9.97 Å². The number of carbonyl (C=O) groups is 2. The van der Waals surface area contributed by atoms with E-state index < -0.39 is 5.97 Å². The Bertz CT molecular complexity index is 1860. The maximum atomic E-state index is 14.2. The van der Waals surface area contributed by atoms with Gasteiger partial charge in [-0.1, -0.05) is 62.2 Å². The molecule has 0 N–H and O–H groups in total. The number of ether oxygens (including phenoxy) is 1. The Labute approximate surface area is 222 Å². The maximum Gasteiger partial charge on any atom is 0.356 e. The van der Waals surface area contributed by atoms with E-state index in [0.29, 0.717) is 22.2 Å². The third kappa shape index (κ3) is 3.50. The summed E-state index contributed by atoms with van der Waals surface area (Å²) in [4.78, 5) is 35.8. The van der Waals surface area contributed by atoms with Crippen LogP contribution in [0.15, 0.2) is 87.9 Å². The number of hydrogen-bond acceptors (Lipinski definition) is 5. The molecule has 0 aliphatic heterocycles. The number of aromatic nitrogens is 2. The first-order valence-electron chi connectivity index (χ1n) is 11.1. The van der Waals surface area contributed by atoms with E-state index in [0.717, 1.165) is 41.3 Å². The second kappa shape index (κ2) is 8.76. The Morgan fingerprint density at radius 1 is 0.750 bits per heavy atom. The first-order valence-corrected chi connectivity index (χ1v) is 12.7. The molecule has 5 aromatic rings. The lowest BCUT2D eigenvalue weighted by molar-refractivity contribution is -0.108. The highest BCUT2D eigenvalue weighted by Gasteiger charge is 2.29. The summed E-state index contributed by atoms with van der Waals surface area (Å²) in [5, 5.41) is 3.17. The van der Waals surface area contributed by atoms with E-state index >= 15 is 0 Å². The van der Waals surface area contributed by atoms with Crippen LogP contribution in [0.2, 0.25) is 0 Å². The lowest BCUT2D eigenvalue weighted by Crippen LogP contribution is -2.28. The Hall–Kier alpha value is -3.68. The van der Waals surface area contributed by atoms with Crippen molar-refractivity contribution >= 4 is 76.6 Å². The maximum absolute atomic E-state index is 14.2. The average molecular weight is 600 g/mol. The highest BCUT2D eigenvalue weighted by Crippen LogP contribution is 2.30. The monoisotopic (exact) mass is 598 g/mol. The van der Waals surface area contributed by atoms with Gasteiger partial charge in [0.2, 0.25) is 0 Å². The van der Waals surface area contributed by atoms with Crippen LogP contribution in [0.4, 0.5) is 0 Å². The van der Waals surface area contributed by atoms with Crippen molar-refractivity contribution in [2.75, 3.05) is 7.11 Å². The number of nitrogens with zero attached hydrogens (tertiary/aromatic N) is 2. The third-order valence-electron chi connectivity index (χ3n) is 6.33. The Balaban J connectivity index is 1.88. The predicted molar refractivity (Wildman–Crippen MR) is 146 cm³/mol. The minimum Gasteiger partial charge on any atom is -0.464 e. The molecular formula is C29H16Br2N2O3. The molecule has 0 spiro atoms. The van der Waals surface area contributed by atoms with Gasteiger partial charge in [-0.3, -0.25) is 9.78 Å². The summed E-state index contributed by atoms with van der Waals surface area (Å²) in [5.41, 5.74) is 4.19. The van der Waals surface area contributed by atoms with E-state index in [1.807, 2.05) is 66.7 Å². The zero-order valence-corrected chi connectivity index (χ0v) is 22.1. The van der Waals surface area contributed by atoms with Crippen LogP contribution in [-0.4, -0.2) is 28.8 Å². The lowest BCUT2D eigenvalue weighted by atomic mass is 9.96. The zero-order chi connectivity index (χ0) is 25.0. The molecule has 0 radical (unpaired) electrons. The van der Waals surface area contributed by atoms with Crippen molar-refractivity contribution in [2.45, 2.75) is 0 Å². The molecule has 0 saturated heterocycles. The van der Waals surface area contributed by atoms with Crippen LogP contribution in [0.1, 0.15) is 21.6 Å². The van der Waals surface area contributed by atoms with E-state index in [1.54, 1.807) is 12.3 Å². The number of fused-ring (bicyclic) bond motifs is 6. The molecule has 36 heavy (non-hydrogen) atoms. The van der Waals surface area contributed by atoms with Gasteiger partial charge in [0.25, 0.3) is 0 Å². The molecule has 0 atom stereocenters. The quantitative estimate of drug-likeness (QED) is 0.214. The zero-order valence-electron chi connectivity index (χ0n) is 18.9. The van der Waals surface area contributed by atoms with Crippen LogP contribution in [0.25, 0.3) is 33.0 Å². The molecule has 6 rings (SSSR count). The van der Waals surface area contributed by atoms with E-state index in [1.165, 1.54) is 7.11 Å².